The van der Waals surface area contributed by atoms with Crippen molar-refractivity contribution in [1.29, 1.82) is 0 Å². The van der Waals surface area contributed by atoms with E-state index < -0.39 is 0 Å². The second-order valence-corrected chi connectivity index (χ2v) is 4.90. The molecule has 2 aromatic rings. The van der Waals surface area contributed by atoms with Crippen molar-refractivity contribution in [3.8, 4) is 5.75 Å². The number of rotatable bonds is 7. The molecule has 122 valence electrons. The summed E-state index contributed by atoms with van der Waals surface area (Å²) in [5.41, 5.74) is 0. The zero-order valence-corrected chi connectivity index (χ0v) is 13.0. The Kier molecular flexibility index (Phi) is 5.61. The molecule has 2 amide bonds. The summed E-state index contributed by atoms with van der Waals surface area (Å²) in [5, 5.41) is 14.1. The monoisotopic (exact) mass is 318 g/mol. The first-order valence-electron chi connectivity index (χ1n) is 6.96. The summed E-state index contributed by atoms with van der Waals surface area (Å²) in [4.78, 5) is 25.6. The molecule has 1 aromatic heterocycles. The summed E-state index contributed by atoms with van der Waals surface area (Å²) in [6.07, 6.45) is 0. The minimum absolute atomic E-state index is 0.0650. The molecule has 0 fully saturated rings. The van der Waals surface area contributed by atoms with Crippen molar-refractivity contribution in [2.45, 2.75) is 13.2 Å². The molecule has 0 atom stereocenters. The maximum absolute atomic E-state index is 11.7. The van der Waals surface area contributed by atoms with E-state index in [2.05, 4.69) is 20.7 Å². The first-order valence-corrected chi connectivity index (χ1v) is 6.96. The fourth-order valence-electron chi connectivity index (χ4n) is 1.58. The van der Waals surface area contributed by atoms with Crippen LogP contribution in [0.5, 0.6) is 5.75 Å². The van der Waals surface area contributed by atoms with Gasteiger partial charge in [-0.15, -0.1) is 10.2 Å². The molecule has 9 heteroatoms. The van der Waals surface area contributed by atoms with Crippen molar-refractivity contribution in [2.75, 3.05) is 20.6 Å². The minimum Gasteiger partial charge on any atom is -0.485 e. The molecule has 0 radical (unpaired) electrons. The molecule has 0 saturated carbocycles. The van der Waals surface area contributed by atoms with E-state index in [-0.39, 0.29) is 31.5 Å². The average molecular weight is 318 g/mol. The molecular formula is C14H18N6O3. The number of carbonyl (C=O) groups excluding carboxylic acids is 2. The van der Waals surface area contributed by atoms with Crippen LogP contribution in [-0.4, -0.2) is 57.6 Å². The van der Waals surface area contributed by atoms with Gasteiger partial charge in [0.1, 0.15) is 12.3 Å². The average Bonchev–Trinajstić information content (AvgIpc) is 2.99. The van der Waals surface area contributed by atoms with E-state index in [1.807, 2.05) is 30.3 Å². The minimum atomic E-state index is -0.367. The number of benzene rings is 1. The molecule has 0 bridgehead atoms. The van der Waals surface area contributed by atoms with Crippen molar-refractivity contribution in [1.82, 2.24) is 30.4 Å². The van der Waals surface area contributed by atoms with Gasteiger partial charge < -0.3 is 15.0 Å². The van der Waals surface area contributed by atoms with Gasteiger partial charge in [0.25, 0.3) is 0 Å². The van der Waals surface area contributed by atoms with Gasteiger partial charge in [0.2, 0.25) is 17.6 Å². The normalized spacial score (nSPS) is 10.2. The van der Waals surface area contributed by atoms with Crippen LogP contribution < -0.4 is 10.1 Å². The lowest BCUT2D eigenvalue weighted by atomic mass is 10.3. The molecular weight excluding hydrogens is 300 g/mol. The maximum atomic E-state index is 11.7. The van der Waals surface area contributed by atoms with Crippen LogP contribution in [-0.2, 0) is 22.7 Å². The maximum Gasteiger partial charge on any atom is 0.244 e. The Balaban J connectivity index is 1.78. The second kappa shape index (κ2) is 7.87. The lowest BCUT2D eigenvalue weighted by Crippen LogP contribution is -2.38. The third-order valence-electron chi connectivity index (χ3n) is 2.83. The molecule has 0 aliphatic rings. The van der Waals surface area contributed by atoms with Gasteiger partial charge in [-0.05, 0) is 17.3 Å². The van der Waals surface area contributed by atoms with Crippen LogP contribution in [0.25, 0.3) is 0 Å². The predicted molar refractivity (Wildman–Crippen MR) is 80.3 cm³/mol. The fraction of sp³-hybridized carbons (Fsp3) is 0.357. The first-order chi connectivity index (χ1) is 11.0. The van der Waals surface area contributed by atoms with E-state index in [0.717, 1.165) is 4.80 Å². The van der Waals surface area contributed by atoms with E-state index >= 15 is 0 Å². The Morgan fingerprint density at radius 1 is 1.26 bits per heavy atom. The van der Waals surface area contributed by atoms with Crippen molar-refractivity contribution >= 4 is 11.8 Å². The van der Waals surface area contributed by atoms with Crippen LogP contribution in [0.2, 0.25) is 0 Å². The quantitative estimate of drug-likeness (QED) is 0.735. The zero-order valence-electron chi connectivity index (χ0n) is 13.0. The Bertz CT molecular complexity index is 656. The molecule has 1 aromatic carbocycles. The van der Waals surface area contributed by atoms with E-state index in [9.17, 15) is 9.59 Å². The smallest absolute Gasteiger partial charge is 0.244 e. The van der Waals surface area contributed by atoms with Crippen molar-refractivity contribution < 1.29 is 14.3 Å². The van der Waals surface area contributed by atoms with Gasteiger partial charge >= 0.3 is 0 Å². The van der Waals surface area contributed by atoms with Gasteiger partial charge in [-0.1, -0.05) is 18.2 Å². The van der Waals surface area contributed by atoms with E-state index in [1.165, 1.54) is 4.90 Å². The molecule has 0 aliphatic carbocycles. The number of hydrogen-bond acceptors (Lipinski definition) is 6. The topological polar surface area (TPSA) is 102 Å². The lowest BCUT2D eigenvalue weighted by Gasteiger charge is -2.10. The van der Waals surface area contributed by atoms with Gasteiger partial charge in [-0.3, -0.25) is 9.59 Å². The Labute approximate surface area is 133 Å². The number of nitrogens with one attached hydrogen (secondary N) is 1. The van der Waals surface area contributed by atoms with Crippen LogP contribution in [0.15, 0.2) is 30.3 Å². The third kappa shape index (κ3) is 5.38. The molecule has 23 heavy (non-hydrogen) atoms. The van der Waals surface area contributed by atoms with Gasteiger partial charge in [0, 0.05) is 14.1 Å². The molecule has 0 saturated heterocycles. The Morgan fingerprint density at radius 3 is 2.70 bits per heavy atom. The summed E-state index contributed by atoms with van der Waals surface area (Å²) in [6.45, 7) is -0.0195. The Hall–Kier alpha value is -2.97. The highest BCUT2D eigenvalue weighted by Crippen LogP contribution is 2.09. The largest absolute Gasteiger partial charge is 0.485 e. The molecule has 9 nitrogen and oxygen atoms in total. The summed E-state index contributed by atoms with van der Waals surface area (Å²) in [5.74, 6) is 0.504. The predicted octanol–water partition coefficient (Wildman–Crippen LogP) is -0.543. The SMILES string of the molecule is CN(C)C(=O)CNC(=O)Cn1nnc(COc2ccccc2)n1. The molecule has 1 heterocycles. The third-order valence-corrected chi connectivity index (χ3v) is 2.83. The number of amides is 2. The number of para-hydroxylation sites is 1. The second-order valence-electron chi connectivity index (χ2n) is 4.90. The summed E-state index contributed by atoms with van der Waals surface area (Å²) >= 11 is 0. The van der Waals surface area contributed by atoms with Crippen molar-refractivity contribution in [3.63, 3.8) is 0 Å². The zero-order chi connectivity index (χ0) is 16.7. The van der Waals surface area contributed by atoms with Crippen LogP contribution in [0.4, 0.5) is 0 Å². The number of hydrogen-bond donors (Lipinski definition) is 1. The fourth-order valence-corrected chi connectivity index (χ4v) is 1.58. The van der Waals surface area contributed by atoms with Crippen LogP contribution in [0.3, 0.4) is 0 Å². The highest BCUT2D eigenvalue weighted by Gasteiger charge is 2.10. The highest BCUT2D eigenvalue weighted by atomic mass is 16.5. The number of likely N-dealkylation sites (N-methyl/N-ethyl adjacent to an activating group) is 1. The molecule has 0 unspecified atom stereocenters. The number of carbonyl (C=O) groups is 2. The molecule has 1 N–H and O–H groups in total. The van der Waals surface area contributed by atoms with Gasteiger partial charge in [-0.25, -0.2) is 0 Å². The van der Waals surface area contributed by atoms with Crippen LogP contribution >= 0.6 is 0 Å². The highest BCUT2D eigenvalue weighted by molar-refractivity contribution is 5.84. The Morgan fingerprint density at radius 2 is 2.00 bits per heavy atom. The van der Waals surface area contributed by atoms with Crippen LogP contribution in [0.1, 0.15) is 5.82 Å². The standard InChI is InChI=1S/C14H18N6O3/c1-19(2)14(22)8-15-13(21)9-20-17-12(16-18-20)10-23-11-6-4-3-5-7-11/h3-7H,8-10H2,1-2H3,(H,15,21). The number of ether oxygens (including phenoxy) is 1. The van der Waals surface area contributed by atoms with E-state index in [1.54, 1.807) is 14.1 Å². The van der Waals surface area contributed by atoms with Crippen molar-refractivity contribution in [3.05, 3.63) is 36.2 Å². The van der Waals surface area contributed by atoms with E-state index in [0.29, 0.717) is 11.6 Å². The number of tetrazole rings is 1. The summed E-state index contributed by atoms with van der Waals surface area (Å²) in [7, 11) is 3.24. The number of aromatic nitrogens is 4. The molecule has 0 aliphatic heterocycles. The van der Waals surface area contributed by atoms with E-state index in [4.69, 9.17) is 4.74 Å². The molecule has 2 rings (SSSR count). The number of nitrogens with zero attached hydrogens (tertiary/aromatic N) is 5. The van der Waals surface area contributed by atoms with Crippen molar-refractivity contribution in [2.24, 2.45) is 0 Å². The summed E-state index contributed by atoms with van der Waals surface area (Å²) in [6, 6.07) is 9.25. The van der Waals surface area contributed by atoms with Gasteiger partial charge in [0.05, 0.1) is 6.54 Å². The molecule has 0 spiro atoms. The van der Waals surface area contributed by atoms with Gasteiger partial charge in [-0.2, -0.15) is 4.80 Å². The lowest BCUT2D eigenvalue weighted by molar-refractivity contribution is -0.131. The summed E-state index contributed by atoms with van der Waals surface area (Å²) < 4.78 is 5.49. The first kappa shape index (κ1) is 16.4. The van der Waals surface area contributed by atoms with Gasteiger partial charge in [0.15, 0.2) is 6.61 Å². The van der Waals surface area contributed by atoms with Crippen LogP contribution in [0, 0.1) is 0 Å².